The molecule has 0 radical (unpaired) electrons. The largest absolute Gasteiger partial charge is 0.463 e. The maximum Gasteiger partial charge on any atom is 0.307 e. The molecular weight excluding hydrogens is 194 g/mol. The van der Waals surface area contributed by atoms with Crippen LogP contribution in [0.5, 0.6) is 0 Å². The normalized spacial score (nSPS) is 15.5. The first-order valence-electron chi connectivity index (χ1n) is 5.28. The van der Waals surface area contributed by atoms with Gasteiger partial charge in [-0.1, -0.05) is 0 Å². The third kappa shape index (κ3) is 4.18. The molecule has 0 spiro atoms. The number of hydrogen-bond acceptors (Lipinski definition) is 5. The highest BCUT2D eigenvalue weighted by Gasteiger charge is 2.12. The first-order valence-corrected chi connectivity index (χ1v) is 5.28. The molecule has 0 aromatic rings. The van der Waals surface area contributed by atoms with Crippen molar-refractivity contribution in [3.63, 3.8) is 0 Å². The monoisotopic (exact) mass is 213 g/mol. The Kier molecular flexibility index (Phi) is 4.39. The lowest BCUT2D eigenvalue weighted by Crippen LogP contribution is -2.36. The smallest absolute Gasteiger partial charge is 0.307 e. The summed E-state index contributed by atoms with van der Waals surface area (Å²) in [7, 11) is 1.98. The lowest BCUT2D eigenvalue weighted by Gasteiger charge is -2.15. The molecule has 0 aromatic carbocycles. The van der Waals surface area contributed by atoms with Crippen LogP contribution in [-0.2, 0) is 9.53 Å². The van der Waals surface area contributed by atoms with Gasteiger partial charge in [0.2, 0.25) is 0 Å². The van der Waals surface area contributed by atoms with Crippen molar-refractivity contribution in [2.45, 2.75) is 26.4 Å². The molecule has 1 aliphatic heterocycles. The van der Waals surface area contributed by atoms with E-state index in [1.165, 1.54) is 0 Å². The van der Waals surface area contributed by atoms with Crippen LogP contribution in [-0.4, -0.2) is 49.6 Å². The molecule has 1 N–H and O–H groups in total. The molecule has 0 fully saturated rings. The number of hydrogen-bond donors (Lipinski definition) is 1. The number of nitrogens with zero attached hydrogens (tertiary/aromatic N) is 2. The van der Waals surface area contributed by atoms with E-state index in [-0.39, 0.29) is 12.1 Å². The molecule has 1 heterocycles. The zero-order valence-corrected chi connectivity index (χ0v) is 9.62. The summed E-state index contributed by atoms with van der Waals surface area (Å²) in [5.74, 6) is 0.700. The van der Waals surface area contributed by atoms with Gasteiger partial charge in [0, 0.05) is 20.1 Å². The molecule has 0 atom stereocenters. The van der Waals surface area contributed by atoms with Gasteiger partial charge in [0.05, 0.1) is 19.1 Å². The number of esters is 1. The van der Waals surface area contributed by atoms with Gasteiger partial charge in [-0.3, -0.25) is 9.79 Å². The van der Waals surface area contributed by atoms with Gasteiger partial charge in [0.15, 0.2) is 5.96 Å². The molecular formula is C10H19N3O2. The number of likely N-dealkylation sites (N-methyl/N-ethyl adjacent to an activating group) is 1. The van der Waals surface area contributed by atoms with Crippen molar-refractivity contribution >= 4 is 11.9 Å². The van der Waals surface area contributed by atoms with Gasteiger partial charge in [-0.25, -0.2) is 0 Å². The second-order valence-corrected chi connectivity index (χ2v) is 3.84. The van der Waals surface area contributed by atoms with Gasteiger partial charge in [-0.2, -0.15) is 0 Å². The van der Waals surface area contributed by atoms with Crippen molar-refractivity contribution in [2.24, 2.45) is 4.99 Å². The summed E-state index contributed by atoms with van der Waals surface area (Å²) >= 11 is 0. The summed E-state index contributed by atoms with van der Waals surface area (Å²) in [6.07, 6.45) is 0.342. The summed E-state index contributed by atoms with van der Waals surface area (Å²) in [5, 5.41) is 3.11. The third-order valence-corrected chi connectivity index (χ3v) is 2.04. The van der Waals surface area contributed by atoms with E-state index < -0.39 is 0 Å². The SMILES string of the molecule is CC(C)OC(=O)CCNC1=NCCN1C. The fourth-order valence-corrected chi connectivity index (χ4v) is 1.32. The quantitative estimate of drug-likeness (QED) is 0.679. The number of guanidine groups is 1. The van der Waals surface area contributed by atoms with Gasteiger partial charge in [0.1, 0.15) is 0 Å². The molecule has 0 aromatic heterocycles. The van der Waals surface area contributed by atoms with Crippen molar-refractivity contribution < 1.29 is 9.53 Å². The van der Waals surface area contributed by atoms with Crippen molar-refractivity contribution in [1.82, 2.24) is 10.2 Å². The average molecular weight is 213 g/mol. The number of aliphatic imine (C=N–C) groups is 1. The lowest BCUT2D eigenvalue weighted by atomic mass is 10.4. The van der Waals surface area contributed by atoms with E-state index in [9.17, 15) is 4.79 Å². The molecule has 5 heteroatoms. The van der Waals surface area contributed by atoms with Crippen molar-refractivity contribution in [3.8, 4) is 0 Å². The standard InChI is InChI=1S/C10H19N3O2/c1-8(2)15-9(14)4-5-11-10-12-6-7-13(10)3/h8H,4-7H2,1-3H3,(H,11,12). The fraction of sp³-hybridized carbons (Fsp3) is 0.800. The lowest BCUT2D eigenvalue weighted by molar-refractivity contribution is -0.147. The summed E-state index contributed by atoms with van der Waals surface area (Å²) in [4.78, 5) is 17.5. The molecule has 86 valence electrons. The maximum absolute atomic E-state index is 11.2. The molecule has 0 bridgehead atoms. The first kappa shape index (κ1) is 11.8. The Balaban J connectivity index is 2.13. The Morgan fingerprint density at radius 3 is 2.93 bits per heavy atom. The zero-order chi connectivity index (χ0) is 11.3. The summed E-state index contributed by atoms with van der Waals surface area (Å²) < 4.78 is 5.01. The van der Waals surface area contributed by atoms with E-state index >= 15 is 0 Å². The Labute approximate surface area is 90.5 Å². The maximum atomic E-state index is 11.2. The van der Waals surface area contributed by atoms with E-state index in [0.717, 1.165) is 19.0 Å². The van der Waals surface area contributed by atoms with Crippen molar-refractivity contribution in [3.05, 3.63) is 0 Å². The van der Waals surface area contributed by atoms with Crippen LogP contribution >= 0.6 is 0 Å². The van der Waals surface area contributed by atoms with E-state index in [4.69, 9.17) is 4.74 Å². The van der Waals surface area contributed by atoms with Crippen LogP contribution in [0.3, 0.4) is 0 Å². The van der Waals surface area contributed by atoms with E-state index in [1.54, 1.807) is 0 Å². The van der Waals surface area contributed by atoms with Crippen LogP contribution in [0.25, 0.3) is 0 Å². The van der Waals surface area contributed by atoms with Gasteiger partial charge in [0.25, 0.3) is 0 Å². The number of carbonyl (C=O) groups excluding carboxylic acids is 1. The van der Waals surface area contributed by atoms with Gasteiger partial charge in [-0.05, 0) is 13.8 Å². The number of carbonyl (C=O) groups is 1. The Morgan fingerprint density at radius 2 is 2.40 bits per heavy atom. The molecule has 1 rings (SSSR count). The Morgan fingerprint density at radius 1 is 1.67 bits per heavy atom. The van der Waals surface area contributed by atoms with Crippen LogP contribution in [0.2, 0.25) is 0 Å². The van der Waals surface area contributed by atoms with Crippen molar-refractivity contribution in [2.75, 3.05) is 26.7 Å². The topological polar surface area (TPSA) is 53.9 Å². The Hall–Kier alpha value is -1.26. The van der Waals surface area contributed by atoms with Crippen LogP contribution in [0.15, 0.2) is 4.99 Å². The predicted molar refractivity (Wildman–Crippen MR) is 58.8 cm³/mol. The molecule has 0 saturated heterocycles. The molecule has 5 nitrogen and oxygen atoms in total. The van der Waals surface area contributed by atoms with Crippen LogP contribution in [0.1, 0.15) is 20.3 Å². The minimum absolute atomic E-state index is 0.0380. The number of nitrogens with one attached hydrogen (secondary N) is 1. The highest BCUT2D eigenvalue weighted by Crippen LogP contribution is 1.96. The summed E-state index contributed by atoms with van der Waals surface area (Å²) in [5.41, 5.74) is 0. The zero-order valence-electron chi connectivity index (χ0n) is 9.62. The molecule has 1 aliphatic rings. The highest BCUT2D eigenvalue weighted by molar-refractivity contribution is 5.81. The van der Waals surface area contributed by atoms with E-state index in [2.05, 4.69) is 10.3 Å². The molecule has 0 saturated carbocycles. The first-order chi connectivity index (χ1) is 7.09. The second-order valence-electron chi connectivity index (χ2n) is 3.84. The molecule has 0 aliphatic carbocycles. The Bertz CT molecular complexity index is 251. The van der Waals surface area contributed by atoms with E-state index in [0.29, 0.717) is 13.0 Å². The van der Waals surface area contributed by atoms with Crippen molar-refractivity contribution in [1.29, 1.82) is 0 Å². The highest BCUT2D eigenvalue weighted by atomic mass is 16.5. The van der Waals surface area contributed by atoms with Crippen LogP contribution < -0.4 is 5.32 Å². The molecule has 0 unspecified atom stereocenters. The van der Waals surface area contributed by atoms with Gasteiger partial charge in [-0.15, -0.1) is 0 Å². The minimum atomic E-state index is -0.168. The molecule has 0 amide bonds. The van der Waals surface area contributed by atoms with Crippen LogP contribution in [0, 0.1) is 0 Å². The number of rotatable bonds is 4. The number of ether oxygens (including phenoxy) is 1. The van der Waals surface area contributed by atoms with Gasteiger partial charge < -0.3 is 15.0 Å². The average Bonchev–Trinajstić information content (AvgIpc) is 2.50. The second kappa shape index (κ2) is 5.58. The molecule has 15 heavy (non-hydrogen) atoms. The summed E-state index contributed by atoms with van der Waals surface area (Å²) in [6, 6.07) is 0. The summed E-state index contributed by atoms with van der Waals surface area (Å²) in [6.45, 7) is 6.04. The fourth-order valence-electron chi connectivity index (χ4n) is 1.32. The van der Waals surface area contributed by atoms with E-state index in [1.807, 2.05) is 25.8 Å². The van der Waals surface area contributed by atoms with Gasteiger partial charge >= 0.3 is 5.97 Å². The minimum Gasteiger partial charge on any atom is -0.463 e. The van der Waals surface area contributed by atoms with Crippen LogP contribution in [0.4, 0.5) is 0 Å². The predicted octanol–water partition coefficient (Wildman–Crippen LogP) is 0.219. The third-order valence-electron chi connectivity index (χ3n) is 2.04.